The number of fused-ring (bicyclic) bond motifs is 1. The number of aromatic nitrogens is 2. The lowest BCUT2D eigenvalue weighted by Gasteiger charge is -2.08. The van der Waals surface area contributed by atoms with E-state index in [1.54, 1.807) is 12.1 Å². The highest BCUT2D eigenvalue weighted by atomic mass is 16.4. The summed E-state index contributed by atoms with van der Waals surface area (Å²) in [5.41, 5.74) is 6.72. The number of nitrogens with two attached hydrogens (primary N) is 1. The highest BCUT2D eigenvalue weighted by molar-refractivity contribution is 5.92. The zero-order chi connectivity index (χ0) is 14.7. The van der Waals surface area contributed by atoms with Crippen molar-refractivity contribution in [2.45, 2.75) is 19.9 Å². The third-order valence-electron chi connectivity index (χ3n) is 3.03. The number of aromatic carboxylic acids is 1. The van der Waals surface area contributed by atoms with E-state index in [1.807, 2.05) is 11.5 Å². The molecule has 20 heavy (non-hydrogen) atoms. The lowest BCUT2D eigenvalue weighted by atomic mass is 10.2. The first-order chi connectivity index (χ1) is 9.52. The number of hydrogen-bond acceptors (Lipinski definition) is 3. The van der Waals surface area contributed by atoms with Gasteiger partial charge in [0.25, 0.3) is 0 Å². The Balaban J connectivity index is 2.40. The van der Waals surface area contributed by atoms with E-state index in [4.69, 9.17) is 10.8 Å². The number of primary amides is 1. The van der Waals surface area contributed by atoms with Crippen LogP contribution in [0.2, 0.25) is 0 Å². The average Bonchev–Trinajstić information content (AvgIpc) is 2.75. The maximum Gasteiger partial charge on any atom is 0.335 e. The van der Waals surface area contributed by atoms with Crippen LogP contribution in [-0.4, -0.2) is 33.2 Å². The summed E-state index contributed by atoms with van der Waals surface area (Å²) in [5.74, 6) is -0.137. The molecule has 0 aliphatic rings. The van der Waals surface area contributed by atoms with Crippen LogP contribution < -0.4 is 11.1 Å². The van der Waals surface area contributed by atoms with Crippen LogP contribution >= 0.6 is 0 Å². The summed E-state index contributed by atoms with van der Waals surface area (Å²) < 4.78 is 1.90. The summed E-state index contributed by atoms with van der Waals surface area (Å²) in [6.07, 6.45) is 0.716. The summed E-state index contributed by atoms with van der Waals surface area (Å²) in [7, 11) is 0. The second kappa shape index (κ2) is 5.60. The number of nitrogens with one attached hydrogen (secondary N) is 1. The van der Waals surface area contributed by atoms with Crippen molar-refractivity contribution in [3.05, 3.63) is 29.6 Å². The quantitative estimate of drug-likeness (QED) is 0.755. The minimum Gasteiger partial charge on any atom is -0.478 e. The van der Waals surface area contributed by atoms with E-state index >= 15 is 0 Å². The van der Waals surface area contributed by atoms with Crippen LogP contribution in [0.15, 0.2) is 18.2 Å². The van der Waals surface area contributed by atoms with Gasteiger partial charge in [-0.15, -0.1) is 0 Å². The lowest BCUT2D eigenvalue weighted by molar-refractivity contribution is 0.0697. The van der Waals surface area contributed by atoms with Gasteiger partial charge in [-0.25, -0.2) is 14.6 Å². The van der Waals surface area contributed by atoms with Gasteiger partial charge in [0.05, 0.1) is 16.6 Å². The number of carbonyl (C=O) groups is 2. The van der Waals surface area contributed by atoms with Crippen LogP contribution in [0, 0.1) is 0 Å². The maximum absolute atomic E-state index is 11.0. The average molecular weight is 276 g/mol. The molecule has 4 N–H and O–H groups in total. The van der Waals surface area contributed by atoms with E-state index in [9.17, 15) is 9.59 Å². The highest BCUT2D eigenvalue weighted by Gasteiger charge is 2.12. The highest BCUT2D eigenvalue weighted by Crippen LogP contribution is 2.18. The molecule has 2 amide bonds. The molecule has 0 radical (unpaired) electrons. The molecule has 2 rings (SSSR count). The van der Waals surface area contributed by atoms with Crippen molar-refractivity contribution in [1.29, 1.82) is 0 Å². The maximum atomic E-state index is 11.0. The Morgan fingerprint density at radius 3 is 2.80 bits per heavy atom. The predicted molar refractivity (Wildman–Crippen MR) is 73.7 cm³/mol. The van der Waals surface area contributed by atoms with Gasteiger partial charge in [0.2, 0.25) is 0 Å². The van der Waals surface area contributed by atoms with Gasteiger partial charge in [0, 0.05) is 19.5 Å². The number of urea groups is 1. The van der Waals surface area contributed by atoms with Crippen molar-refractivity contribution in [1.82, 2.24) is 14.9 Å². The van der Waals surface area contributed by atoms with Crippen molar-refractivity contribution in [2.75, 3.05) is 6.54 Å². The fourth-order valence-corrected chi connectivity index (χ4v) is 2.12. The number of amides is 2. The smallest absolute Gasteiger partial charge is 0.335 e. The van der Waals surface area contributed by atoms with Gasteiger partial charge in [-0.2, -0.15) is 0 Å². The van der Waals surface area contributed by atoms with Crippen molar-refractivity contribution in [3.8, 4) is 0 Å². The van der Waals surface area contributed by atoms with Crippen LogP contribution in [0.3, 0.4) is 0 Å². The SMILES string of the molecule is CCc1nc2ccc(C(=O)O)cc2n1CCNC(N)=O. The molecule has 7 heteroatoms. The molecule has 0 unspecified atom stereocenters. The van der Waals surface area contributed by atoms with Crippen molar-refractivity contribution in [3.63, 3.8) is 0 Å². The minimum atomic E-state index is -0.979. The zero-order valence-electron chi connectivity index (χ0n) is 11.1. The van der Waals surface area contributed by atoms with Gasteiger partial charge in [-0.3, -0.25) is 0 Å². The molecule has 7 nitrogen and oxygen atoms in total. The van der Waals surface area contributed by atoms with Gasteiger partial charge in [-0.05, 0) is 18.2 Å². The number of imidazole rings is 1. The van der Waals surface area contributed by atoms with Crippen molar-refractivity contribution >= 4 is 23.0 Å². The molecule has 1 heterocycles. The van der Waals surface area contributed by atoms with Gasteiger partial charge in [0.15, 0.2) is 0 Å². The molecule has 0 spiro atoms. The molecule has 2 aromatic rings. The molecule has 1 aromatic carbocycles. The molecular formula is C13H16N4O3. The first kappa shape index (κ1) is 13.9. The Bertz CT molecular complexity index is 663. The van der Waals surface area contributed by atoms with Gasteiger partial charge in [-0.1, -0.05) is 6.92 Å². The molecule has 0 bridgehead atoms. The normalized spacial score (nSPS) is 10.7. The van der Waals surface area contributed by atoms with E-state index in [1.165, 1.54) is 6.07 Å². The number of carboxylic acid groups (broad SMARTS) is 1. The first-order valence-corrected chi connectivity index (χ1v) is 6.28. The number of nitrogens with zero attached hydrogens (tertiary/aromatic N) is 2. The Morgan fingerprint density at radius 1 is 1.45 bits per heavy atom. The van der Waals surface area contributed by atoms with Gasteiger partial charge >= 0.3 is 12.0 Å². The summed E-state index contributed by atoms with van der Waals surface area (Å²) >= 11 is 0. The lowest BCUT2D eigenvalue weighted by Crippen LogP contribution is -2.32. The molecule has 0 atom stereocenters. The van der Waals surface area contributed by atoms with E-state index < -0.39 is 12.0 Å². The molecule has 0 aliphatic carbocycles. The van der Waals surface area contributed by atoms with Crippen LogP contribution in [-0.2, 0) is 13.0 Å². The largest absolute Gasteiger partial charge is 0.478 e. The van der Waals surface area contributed by atoms with E-state index in [0.717, 1.165) is 16.9 Å². The molecule has 0 saturated carbocycles. The number of hydrogen-bond donors (Lipinski definition) is 3. The summed E-state index contributed by atoms with van der Waals surface area (Å²) in [4.78, 5) is 26.2. The van der Waals surface area contributed by atoms with Crippen LogP contribution in [0.4, 0.5) is 4.79 Å². The number of carboxylic acids is 1. The predicted octanol–water partition coefficient (Wildman–Crippen LogP) is 0.965. The molecule has 1 aromatic heterocycles. The third-order valence-corrected chi connectivity index (χ3v) is 3.03. The molecule has 0 aliphatic heterocycles. The molecule has 0 saturated heterocycles. The fraction of sp³-hybridized carbons (Fsp3) is 0.308. The Kier molecular flexibility index (Phi) is 3.88. The van der Waals surface area contributed by atoms with Gasteiger partial charge in [0.1, 0.15) is 5.82 Å². The number of rotatable bonds is 5. The topological polar surface area (TPSA) is 110 Å². The first-order valence-electron chi connectivity index (χ1n) is 6.28. The number of aryl methyl sites for hydroxylation is 1. The van der Waals surface area contributed by atoms with Gasteiger partial charge < -0.3 is 20.7 Å². The number of benzene rings is 1. The second-order valence-corrected chi connectivity index (χ2v) is 4.33. The Morgan fingerprint density at radius 2 is 2.20 bits per heavy atom. The van der Waals surface area contributed by atoms with Crippen LogP contribution in [0.1, 0.15) is 23.1 Å². The zero-order valence-corrected chi connectivity index (χ0v) is 11.1. The van der Waals surface area contributed by atoms with Crippen molar-refractivity contribution < 1.29 is 14.7 Å². The number of carbonyl (C=O) groups excluding carboxylic acids is 1. The van der Waals surface area contributed by atoms with Crippen molar-refractivity contribution in [2.24, 2.45) is 5.73 Å². The van der Waals surface area contributed by atoms with E-state index in [-0.39, 0.29) is 5.56 Å². The molecule has 106 valence electrons. The summed E-state index contributed by atoms with van der Waals surface area (Å²) in [6, 6.07) is 4.23. The van der Waals surface area contributed by atoms with E-state index in [2.05, 4.69) is 10.3 Å². The van der Waals surface area contributed by atoms with Crippen LogP contribution in [0.5, 0.6) is 0 Å². The summed E-state index contributed by atoms with van der Waals surface area (Å²) in [6.45, 7) is 2.83. The third kappa shape index (κ3) is 2.71. The van der Waals surface area contributed by atoms with E-state index in [0.29, 0.717) is 19.5 Å². The minimum absolute atomic E-state index is 0.212. The molecular weight excluding hydrogens is 260 g/mol. The molecule has 0 fully saturated rings. The Hall–Kier alpha value is -2.57. The standard InChI is InChI=1S/C13H16N4O3/c1-2-11-16-9-4-3-8(12(18)19)7-10(9)17(11)6-5-15-13(14)20/h3-4,7H,2,5-6H2,1H3,(H,18,19)(H3,14,15,20). The fourth-order valence-electron chi connectivity index (χ4n) is 2.12. The second-order valence-electron chi connectivity index (χ2n) is 4.33. The Labute approximate surface area is 115 Å². The summed E-state index contributed by atoms with van der Waals surface area (Å²) in [5, 5.41) is 11.6. The monoisotopic (exact) mass is 276 g/mol. The van der Waals surface area contributed by atoms with Crippen LogP contribution in [0.25, 0.3) is 11.0 Å².